The summed E-state index contributed by atoms with van der Waals surface area (Å²) in [6.07, 6.45) is 6.67. The highest BCUT2D eigenvalue weighted by atomic mass is 32.2. The molecule has 4 rings (SSSR count). The molecule has 0 unspecified atom stereocenters. The molecule has 0 radical (unpaired) electrons. The number of likely N-dealkylation sites (tertiary alicyclic amines) is 1. The van der Waals surface area contributed by atoms with E-state index < -0.39 is 10.0 Å². The summed E-state index contributed by atoms with van der Waals surface area (Å²) in [5.74, 6) is 0.748. The molecule has 0 aliphatic carbocycles. The Morgan fingerprint density at radius 1 is 0.897 bits per heavy atom. The average Bonchev–Trinajstić information content (AvgIpc) is 2.77. The van der Waals surface area contributed by atoms with Crippen LogP contribution in [0.3, 0.4) is 0 Å². The number of hydrogen-bond donors (Lipinski definition) is 0. The molecule has 5 nitrogen and oxygen atoms in total. The van der Waals surface area contributed by atoms with Crippen molar-refractivity contribution in [1.29, 1.82) is 0 Å². The molecule has 2 aromatic rings. The largest absolute Gasteiger partial charge is 0.493 e. The van der Waals surface area contributed by atoms with Crippen LogP contribution in [0.1, 0.15) is 37.7 Å². The van der Waals surface area contributed by atoms with E-state index in [9.17, 15) is 8.42 Å². The Morgan fingerprint density at radius 3 is 2.48 bits per heavy atom. The summed E-state index contributed by atoms with van der Waals surface area (Å²) >= 11 is 0. The summed E-state index contributed by atoms with van der Waals surface area (Å²) in [6, 6.07) is 14.6. The second-order valence-electron chi connectivity index (χ2n) is 7.89. The van der Waals surface area contributed by atoms with Gasteiger partial charge in [-0.1, -0.05) is 30.7 Å². The van der Waals surface area contributed by atoms with Gasteiger partial charge in [0.15, 0.2) is 0 Å². The van der Waals surface area contributed by atoms with Gasteiger partial charge in [-0.3, -0.25) is 4.31 Å². The Morgan fingerprint density at radius 2 is 1.69 bits per heavy atom. The number of piperidine rings is 1. The summed E-state index contributed by atoms with van der Waals surface area (Å²) in [7, 11) is -3.56. The number of hydrogen-bond acceptors (Lipinski definition) is 4. The van der Waals surface area contributed by atoms with Crippen molar-refractivity contribution in [3.63, 3.8) is 0 Å². The molecule has 2 aliphatic rings. The van der Waals surface area contributed by atoms with Crippen molar-refractivity contribution < 1.29 is 13.2 Å². The highest BCUT2D eigenvalue weighted by Crippen LogP contribution is 2.34. The van der Waals surface area contributed by atoms with Crippen molar-refractivity contribution in [3.05, 3.63) is 54.1 Å². The Balaban J connectivity index is 1.44. The molecule has 0 spiro atoms. The number of sulfonamides is 1. The molecule has 156 valence electrons. The van der Waals surface area contributed by atoms with Crippen molar-refractivity contribution in [2.45, 2.75) is 43.4 Å². The number of aryl methyl sites for hydroxylation is 1. The molecule has 0 aromatic heterocycles. The first kappa shape index (κ1) is 20.2. The molecular formula is C23H30N2O3S. The lowest BCUT2D eigenvalue weighted by Crippen LogP contribution is -2.35. The van der Waals surface area contributed by atoms with Crippen LogP contribution in [0.4, 0.5) is 5.69 Å². The van der Waals surface area contributed by atoms with Gasteiger partial charge >= 0.3 is 0 Å². The van der Waals surface area contributed by atoms with Gasteiger partial charge in [0.2, 0.25) is 0 Å². The van der Waals surface area contributed by atoms with Crippen LogP contribution >= 0.6 is 0 Å². The molecule has 29 heavy (non-hydrogen) atoms. The molecule has 0 saturated carbocycles. The Kier molecular flexibility index (Phi) is 6.40. The van der Waals surface area contributed by atoms with Crippen LogP contribution < -0.4 is 9.04 Å². The lowest BCUT2D eigenvalue weighted by Gasteiger charge is -2.31. The maximum Gasteiger partial charge on any atom is 0.264 e. The summed E-state index contributed by atoms with van der Waals surface area (Å²) in [5, 5.41) is 0. The van der Waals surface area contributed by atoms with Gasteiger partial charge in [0.05, 0.1) is 17.2 Å². The Hall–Kier alpha value is -2.05. The van der Waals surface area contributed by atoms with E-state index in [1.165, 1.54) is 32.4 Å². The number of rotatable bonds is 7. The van der Waals surface area contributed by atoms with E-state index >= 15 is 0 Å². The SMILES string of the molecule is O=S(=O)(c1ccccc1)N1CCCc2ccc(OCCCN3CCCCC3)cc21. The molecule has 1 saturated heterocycles. The minimum atomic E-state index is -3.56. The van der Waals surface area contributed by atoms with Crippen molar-refractivity contribution in [3.8, 4) is 5.75 Å². The standard InChI is InChI=1S/C23H30N2O3S/c26-29(27,22-10-3-1-4-11-22)25-17-7-9-20-12-13-21(19-23(20)25)28-18-8-16-24-14-5-2-6-15-24/h1,3-4,10-13,19H,2,5-9,14-18H2. The topological polar surface area (TPSA) is 49.9 Å². The van der Waals surface area contributed by atoms with Crippen LogP contribution in [0.5, 0.6) is 5.75 Å². The number of ether oxygens (including phenoxy) is 1. The van der Waals surface area contributed by atoms with Gasteiger partial charge < -0.3 is 9.64 Å². The predicted octanol–water partition coefficient (Wildman–Crippen LogP) is 4.08. The highest BCUT2D eigenvalue weighted by molar-refractivity contribution is 7.92. The maximum atomic E-state index is 13.2. The van der Waals surface area contributed by atoms with Crippen molar-refractivity contribution in [2.75, 3.05) is 37.1 Å². The third-order valence-electron chi connectivity index (χ3n) is 5.80. The second kappa shape index (κ2) is 9.18. The minimum absolute atomic E-state index is 0.334. The molecule has 0 N–H and O–H groups in total. The number of fused-ring (bicyclic) bond motifs is 1. The van der Waals surface area contributed by atoms with Crippen molar-refractivity contribution in [1.82, 2.24) is 4.90 Å². The van der Waals surface area contributed by atoms with E-state index in [1.54, 1.807) is 28.6 Å². The van der Waals surface area contributed by atoms with E-state index in [2.05, 4.69) is 4.90 Å². The van der Waals surface area contributed by atoms with Gasteiger partial charge in [-0.2, -0.15) is 0 Å². The summed E-state index contributed by atoms with van der Waals surface area (Å²) < 4.78 is 33.9. The normalized spacial score (nSPS) is 17.7. The zero-order valence-corrected chi connectivity index (χ0v) is 17.7. The summed E-state index contributed by atoms with van der Waals surface area (Å²) in [6.45, 7) is 4.62. The average molecular weight is 415 g/mol. The minimum Gasteiger partial charge on any atom is -0.493 e. The monoisotopic (exact) mass is 414 g/mol. The van der Waals surface area contributed by atoms with Crippen molar-refractivity contribution in [2.24, 2.45) is 0 Å². The van der Waals surface area contributed by atoms with E-state index in [0.29, 0.717) is 18.0 Å². The smallest absolute Gasteiger partial charge is 0.264 e. The number of benzene rings is 2. The molecule has 0 atom stereocenters. The van der Waals surface area contributed by atoms with E-state index in [0.717, 1.165) is 42.8 Å². The van der Waals surface area contributed by atoms with Gasteiger partial charge in [0.1, 0.15) is 5.75 Å². The van der Waals surface area contributed by atoms with Crippen molar-refractivity contribution >= 4 is 15.7 Å². The van der Waals surface area contributed by atoms with E-state index in [-0.39, 0.29) is 0 Å². The van der Waals surface area contributed by atoms with Gasteiger partial charge in [0, 0.05) is 19.2 Å². The first-order valence-electron chi connectivity index (χ1n) is 10.7. The number of anilines is 1. The van der Waals surface area contributed by atoms with Gasteiger partial charge in [-0.05, 0) is 69.0 Å². The Labute approximate surface area is 174 Å². The third kappa shape index (κ3) is 4.75. The highest BCUT2D eigenvalue weighted by Gasteiger charge is 2.29. The van der Waals surface area contributed by atoms with Gasteiger partial charge in [-0.25, -0.2) is 8.42 Å². The zero-order valence-electron chi connectivity index (χ0n) is 16.9. The molecule has 1 fully saturated rings. The fraction of sp³-hybridized carbons (Fsp3) is 0.478. The molecule has 6 heteroatoms. The molecule has 0 amide bonds. The maximum absolute atomic E-state index is 13.2. The van der Waals surface area contributed by atoms with Crippen LogP contribution in [-0.4, -0.2) is 46.1 Å². The predicted molar refractivity (Wildman–Crippen MR) is 116 cm³/mol. The lowest BCUT2D eigenvalue weighted by atomic mass is 10.0. The van der Waals surface area contributed by atoms with Crippen LogP contribution in [0.2, 0.25) is 0 Å². The van der Waals surface area contributed by atoms with E-state index in [4.69, 9.17) is 4.74 Å². The molecule has 2 heterocycles. The van der Waals surface area contributed by atoms with E-state index in [1.807, 2.05) is 24.3 Å². The molecule has 2 aliphatic heterocycles. The van der Waals surface area contributed by atoms with Crippen LogP contribution in [0.25, 0.3) is 0 Å². The van der Waals surface area contributed by atoms with Gasteiger partial charge in [0.25, 0.3) is 10.0 Å². The quantitative estimate of drug-likeness (QED) is 0.641. The fourth-order valence-corrected chi connectivity index (χ4v) is 5.80. The molecule has 0 bridgehead atoms. The first-order valence-corrected chi connectivity index (χ1v) is 12.1. The zero-order chi connectivity index (χ0) is 20.1. The second-order valence-corrected chi connectivity index (χ2v) is 9.75. The molecule has 2 aromatic carbocycles. The fourth-order valence-electron chi connectivity index (χ4n) is 4.24. The third-order valence-corrected chi connectivity index (χ3v) is 7.63. The summed E-state index contributed by atoms with van der Waals surface area (Å²) in [4.78, 5) is 2.84. The van der Waals surface area contributed by atoms with Crippen LogP contribution in [0, 0.1) is 0 Å². The lowest BCUT2D eigenvalue weighted by molar-refractivity contribution is 0.205. The van der Waals surface area contributed by atoms with Crippen LogP contribution in [-0.2, 0) is 16.4 Å². The van der Waals surface area contributed by atoms with Gasteiger partial charge in [-0.15, -0.1) is 0 Å². The van der Waals surface area contributed by atoms with Crippen LogP contribution in [0.15, 0.2) is 53.4 Å². The summed E-state index contributed by atoms with van der Waals surface area (Å²) in [5.41, 5.74) is 1.82. The number of nitrogens with zero attached hydrogens (tertiary/aromatic N) is 2. The Bertz CT molecular complexity index is 909. The first-order chi connectivity index (χ1) is 14.1. The molecular weight excluding hydrogens is 384 g/mol.